The number of hydrogen-bond donors (Lipinski definition) is 1. The lowest BCUT2D eigenvalue weighted by atomic mass is 10.2. The van der Waals surface area contributed by atoms with E-state index < -0.39 is 0 Å². The second-order valence-electron chi connectivity index (χ2n) is 3.20. The van der Waals surface area contributed by atoms with Gasteiger partial charge in [0.25, 0.3) is 0 Å². The molecule has 1 nitrogen and oxygen atoms in total. The van der Waals surface area contributed by atoms with Gasteiger partial charge in [0.15, 0.2) is 0 Å². The molecular weight excluding hydrogens is 161 g/mol. The van der Waals surface area contributed by atoms with Crippen molar-refractivity contribution in [2.24, 2.45) is 5.92 Å². The van der Waals surface area contributed by atoms with Crippen molar-refractivity contribution in [3.05, 3.63) is 0 Å². The zero-order chi connectivity index (χ0) is 7.56. The van der Waals surface area contributed by atoms with Gasteiger partial charge in [-0.25, -0.2) is 0 Å². The van der Waals surface area contributed by atoms with Gasteiger partial charge in [-0.1, -0.05) is 21.6 Å². The highest BCUT2D eigenvalue weighted by atomic mass is 32.7. The van der Waals surface area contributed by atoms with E-state index in [1.807, 2.05) is 0 Å². The van der Waals surface area contributed by atoms with Gasteiger partial charge in [-0.15, -0.1) is 11.4 Å². The van der Waals surface area contributed by atoms with Crippen molar-refractivity contribution in [1.29, 1.82) is 0 Å². The van der Waals surface area contributed by atoms with Crippen LogP contribution in [0.15, 0.2) is 0 Å². The molecule has 0 amide bonds. The van der Waals surface area contributed by atoms with E-state index in [0.717, 1.165) is 19.7 Å². The molecule has 60 valence electrons. The maximum Gasteiger partial charge on any atom is 0.0596 e. The summed E-state index contributed by atoms with van der Waals surface area (Å²) in [6.45, 7) is 6.85. The monoisotopic (exact) mass is 177 g/mol. The van der Waals surface area contributed by atoms with Crippen LogP contribution in [0.4, 0.5) is 0 Å². The van der Waals surface area contributed by atoms with Crippen LogP contribution < -0.4 is 5.32 Å². The van der Waals surface area contributed by atoms with Gasteiger partial charge in [0.2, 0.25) is 0 Å². The van der Waals surface area contributed by atoms with E-state index in [1.54, 1.807) is 0 Å². The largest absolute Gasteiger partial charge is 0.302 e. The van der Waals surface area contributed by atoms with Crippen LogP contribution in [0, 0.1) is 5.92 Å². The van der Waals surface area contributed by atoms with Gasteiger partial charge in [-0.2, -0.15) is 0 Å². The minimum atomic E-state index is 0.710. The van der Waals surface area contributed by atoms with E-state index >= 15 is 0 Å². The second-order valence-corrected chi connectivity index (χ2v) is 6.21. The second kappa shape index (κ2) is 3.94. The quantitative estimate of drug-likeness (QED) is 0.617. The fourth-order valence-electron chi connectivity index (χ4n) is 0.965. The minimum Gasteiger partial charge on any atom is -0.302 e. The van der Waals surface area contributed by atoms with Crippen molar-refractivity contribution in [3.63, 3.8) is 0 Å². The third-order valence-electron chi connectivity index (χ3n) is 1.65. The van der Waals surface area contributed by atoms with Gasteiger partial charge in [0, 0.05) is 6.04 Å². The Balaban J connectivity index is 2.32. The molecule has 1 N–H and O–H groups in total. The average molecular weight is 177 g/mol. The van der Waals surface area contributed by atoms with Crippen molar-refractivity contribution in [2.45, 2.75) is 32.2 Å². The molecule has 3 heteroatoms. The Kier molecular flexibility index (Phi) is 3.48. The summed E-state index contributed by atoms with van der Waals surface area (Å²) in [4.78, 5) is 0. The maximum atomic E-state index is 3.59. The molecule has 1 aliphatic heterocycles. The molecule has 0 aromatic rings. The van der Waals surface area contributed by atoms with E-state index in [4.69, 9.17) is 0 Å². The maximum absolute atomic E-state index is 3.59. The Morgan fingerprint density at radius 2 is 2.30 bits per heavy atom. The molecule has 1 heterocycles. The van der Waals surface area contributed by atoms with Gasteiger partial charge in [-0.05, 0) is 19.0 Å². The molecule has 0 aliphatic carbocycles. The van der Waals surface area contributed by atoms with Crippen LogP contribution in [0.5, 0.6) is 0 Å². The van der Waals surface area contributed by atoms with Crippen molar-refractivity contribution in [2.75, 3.05) is 6.16 Å². The summed E-state index contributed by atoms with van der Waals surface area (Å²) in [6.07, 6.45) is 1.36. The van der Waals surface area contributed by atoms with E-state index in [2.05, 4.69) is 37.5 Å². The SMILES string of the molecule is CC1CPS[C@@H](C(C)C)N1. The Labute approximate surface area is 69.3 Å². The molecule has 0 saturated carbocycles. The molecule has 0 spiro atoms. The van der Waals surface area contributed by atoms with Gasteiger partial charge in [0.1, 0.15) is 0 Å². The first-order chi connectivity index (χ1) is 4.70. The van der Waals surface area contributed by atoms with Crippen molar-refractivity contribution >= 4 is 19.2 Å². The summed E-state index contributed by atoms with van der Waals surface area (Å²) in [5, 5.41) is 4.30. The molecule has 2 unspecified atom stereocenters. The molecule has 0 bridgehead atoms. The summed E-state index contributed by atoms with van der Waals surface area (Å²) < 4.78 is 0. The third-order valence-corrected chi connectivity index (χ3v) is 5.30. The van der Waals surface area contributed by atoms with Crippen LogP contribution in [0.3, 0.4) is 0 Å². The predicted molar refractivity (Wildman–Crippen MR) is 52.0 cm³/mol. The Morgan fingerprint density at radius 3 is 2.70 bits per heavy atom. The third kappa shape index (κ3) is 2.41. The molecule has 3 atom stereocenters. The summed E-state index contributed by atoms with van der Waals surface area (Å²) in [5.74, 6) is 0.778. The summed E-state index contributed by atoms with van der Waals surface area (Å²) in [6, 6.07) is 0.743. The van der Waals surface area contributed by atoms with Crippen LogP contribution in [-0.2, 0) is 0 Å². The number of hydrogen-bond acceptors (Lipinski definition) is 2. The van der Waals surface area contributed by atoms with Crippen molar-refractivity contribution in [1.82, 2.24) is 5.32 Å². The van der Waals surface area contributed by atoms with Crippen LogP contribution >= 0.6 is 19.2 Å². The topological polar surface area (TPSA) is 12.0 Å². The highest BCUT2D eigenvalue weighted by Gasteiger charge is 2.20. The summed E-state index contributed by atoms with van der Waals surface area (Å²) in [7, 11) is 1.11. The first kappa shape index (κ1) is 8.83. The van der Waals surface area contributed by atoms with Crippen LogP contribution in [0.2, 0.25) is 0 Å². The smallest absolute Gasteiger partial charge is 0.0596 e. The van der Waals surface area contributed by atoms with E-state index in [-0.39, 0.29) is 0 Å². The van der Waals surface area contributed by atoms with Crippen molar-refractivity contribution < 1.29 is 0 Å². The summed E-state index contributed by atoms with van der Waals surface area (Å²) >= 11 is 2.09. The lowest BCUT2D eigenvalue weighted by molar-refractivity contribution is 0.472. The minimum absolute atomic E-state index is 0.710. The lowest BCUT2D eigenvalue weighted by Gasteiger charge is -2.30. The van der Waals surface area contributed by atoms with Gasteiger partial charge < -0.3 is 5.32 Å². The predicted octanol–water partition coefficient (Wildman–Crippen LogP) is 2.29. The molecule has 1 saturated heterocycles. The Morgan fingerprint density at radius 1 is 1.60 bits per heavy atom. The van der Waals surface area contributed by atoms with Crippen molar-refractivity contribution in [3.8, 4) is 0 Å². The molecule has 0 aromatic heterocycles. The molecule has 0 radical (unpaired) electrons. The zero-order valence-electron chi connectivity index (χ0n) is 6.85. The Bertz CT molecular complexity index is 108. The van der Waals surface area contributed by atoms with E-state index in [9.17, 15) is 0 Å². The molecular formula is C7H16NPS. The lowest BCUT2D eigenvalue weighted by Crippen LogP contribution is -2.40. The normalized spacial score (nSPS) is 37.2. The molecule has 0 aromatic carbocycles. The zero-order valence-corrected chi connectivity index (χ0v) is 8.66. The first-order valence-corrected chi connectivity index (χ1v) is 6.66. The van der Waals surface area contributed by atoms with E-state index in [1.165, 1.54) is 6.16 Å². The van der Waals surface area contributed by atoms with Crippen LogP contribution in [-0.4, -0.2) is 17.6 Å². The molecule has 1 rings (SSSR count). The number of nitrogens with one attached hydrogen (secondary N) is 1. The highest BCUT2D eigenvalue weighted by molar-refractivity contribution is 8.49. The number of rotatable bonds is 1. The van der Waals surface area contributed by atoms with Crippen LogP contribution in [0.1, 0.15) is 20.8 Å². The Hall–Kier alpha value is 0.740. The van der Waals surface area contributed by atoms with Gasteiger partial charge in [0.05, 0.1) is 5.37 Å². The molecule has 1 fully saturated rings. The van der Waals surface area contributed by atoms with Gasteiger partial charge >= 0.3 is 0 Å². The van der Waals surface area contributed by atoms with E-state index in [0.29, 0.717) is 5.37 Å². The fourth-order valence-corrected chi connectivity index (χ4v) is 4.78. The fraction of sp³-hybridized carbons (Fsp3) is 1.00. The standard InChI is InChI=1S/C7H16NPS/c1-5(2)7-8-6(3)4-9-10-7/h5-9H,4H2,1-3H3/t6?,7-/m0/s1. The van der Waals surface area contributed by atoms with Gasteiger partial charge in [-0.3, -0.25) is 0 Å². The average Bonchev–Trinajstić information content (AvgIpc) is 1.88. The van der Waals surface area contributed by atoms with Crippen LogP contribution in [0.25, 0.3) is 0 Å². The molecule has 10 heavy (non-hydrogen) atoms. The molecule has 1 aliphatic rings. The summed E-state index contributed by atoms with van der Waals surface area (Å²) in [5.41, 5.74) is 0. The highest BCUT2D eigenvalue weighted by Crippen LogP contribution is 2.39. The first-order valence-electron chi connectivity index (χ1n) is 3.84.